The van der Waals surface area contributed by atoms with Crippen LogP contribution in [-0.2, 0) is 4.79 Å². The summed E-state index contributed by atoms with van der Waals surface area (Å²) in [5.74, 6) is 0.797. The number of hydrogen-bond acceptors (Lipinski definition) is 2. The van der Waals surface area contributed by atoms with Crippen molar-refractivity contribution in [3.63, 3.8) is 0 Å². The van der Waals surface area contributed by atoms with E-state index in [0.29, 0.717) is 12.2 Å². The van der Waals surface area contributed by atoms with Crippen LogP contribution in [0.4, 0.5) is 0 Å². The van der Waals surface area contributed by atoms with Crippen molar-refractivity contribution in [1.29, 1.82) is 0 Å². The second-order valence-electron chi connectivity index (χ2n) is 4.41. The topological polar surface area (TPSA) is 17.1 Å². The molecule has 0 spiro atoms. The Morgan fingerprint density at radius 1 is 1.18 bits per heavy atom. The Morgan fingerprint density at radius 2 is 1.88 bits per heavy atom. The highest BCUT2D eigenvalue weighted by molar-refractivity contribution is 7.81. The monoisotopic (exact) mass is 244 g/mol. The van der Waals surface area contributed by atoms with Crippen LogP contribution in [0.15, 0.2) is 42.5 Å². The molecule has 0 aromatic heterocycles. The lowest BCUT2D eigenvalue weighted by Crippen LogP contribution is -2.05. The number of benzene rings is 2. The van der Waals surface area contributed by atoms with Gasteiger partial charge in [-0.3, -0.25) is 4.79 Å². The lowest BCUT2D eigenvalue weighted by Gasteiger charge is -2.11. The zero-order chi connectivity index (χ0) is 12.3. The molecule has 0 unspecified atom stereocenters. The third-order valence-corrected chi connectivity index (χ3v) is 3.41. The molecule has 0 aliphatic rings. The van der Waals surface area contributed by atoms with Crippen LogP contribution in [-0.4, -0.2) is 11.5 Å². The number of fused-ring (bicyclic) bond motifs is 1. The summed E-state index contributed by atoms with van der Waals surface area (Å²) in [6.07, 6.45) is 0.571. The molecule has 2 aromatic carbocycles. The molecular weight excluding hydrogens is 228 g/mol. The van der Waals surface area contributed by atoms with Crippen molar-refractivity contribution in [1.82, 2.24) is 0 Å². The average Bonchev–Trinajstić information content (AvgIpc) is 2.38. The van der Waals surface area contributed by atoms with Crippen LogP contribution < -0.4 is 0 Å². The highest BCUT2D eigenvalue weighted by Gasteiger charge is 2.10. The number of carbonyl (C=O) groups excluding carboxylic acids is 1. The van der Waals surface area contributed by atoms with Gasteiger partial charge < -0.3 is 0 Å². The second-order valence-corrected chi connectivity index (χ2v) is 4.72. The van der Waals surface area contributed by atoms with Crippen molar-refractivity contribution >= 4 is 29.2 Å². The Morgan fingerprint density at radius 3 is 2.59 bits per heavy atom. The van der Waals surface area contributed by atoms with E-state index in [-0.39, 0.29) is 11.7 Å². The molecule has 0 amide bonds. The van der Waals surface area contributed by atoms with Crippen molar-refractivity contribution in [2.45, 2.75) is 19.3 Å². The van der Waals surface area contributed by atoms with Crippen LogP contribution in [0.2, 0.25) is 0 Å². The van der Waals surface area contributed by atoms with Crippen molar-refractivity contribution in [3.8, 4) is 0 Å². The minimum absolute atomic E-state index is 0.203. The summed E-state index contributed by atoms with van der Waals surface area (Å²) in [5, 5.41) is 2.47. The fourth-order valence-corrected chi connectivity index (χ4v) is 2.17. The number of Topliss-reactive ketones (excluding diaryl/α,β-unsaturated/α-hetero) is 1. The molecule has 0 aliphatic carbocycles. The molecule has 88 valence electrons. The third-order valence-electron chi connectivity index (χ3n) is 3.05. The fourth-order valence-electron chi connectivity index (χ4n) is 2.04. The van der Waals surface area contributed by atoms with Crippen molar-refractivity contribution in [2.75, 3.05) is 5.75 Å². The number of ketones is 1. The predicted molar refractivity (Wildman–Crippen MR) is 75.8 cm³/mol. The second kappa shape index (κ2) is 5.37. The highest BCUT2D eigenvalue weighted by Crippen LogP contribution is 2.24. The van der Waals surface area contributed by atoms with Gasteiger partial charge in [-0.1, -0.05) is 49.4 Å². The van der Waals surface area contributed by atoms with E-state index in [1.54, 1.807) is 0 Å². The Kier molecular flexibility index (Phi) is 3.85. The van der Waals surface area contributed by atoms with E-state index in [0.717, 1.165) is 0 Å². The predicted octanol–water partition coefficient (Wildman–Crippen LogP) is 3.83. The van der Waals surface area contributed by atoms with Gasteiger partial charge in [-0.2, -0.15) is 12.6 Å². The number of hydrogen-bond donors (Lipinski definition) is 1. The van der Waals surface area contributed by atoms with E-state index < -0.39 is 0 Å². The average molecular weight is 244 g/mol. The summed E-state index contributed by atoms with van der Waals surface area (Å²) in [5.41, 5.74) is 1.22. The minimum Gasteiger partial charge on any atom is -0.299 e. The maximum Gasteiger partial charge on any atom is 0.143 e. The molecule has 1 atom stereocenters. The zero-order valence-corrected chi connectivity index (χ0v) is 10.8. The van der Waals surface area contributed by atoms with E-state index in [1.165, 1.54) is 16.3 Å². The summed E-state index contributed by atoms with van der Waals surface area (Å²) in [6, 6.07) is 14.7. The Bertz CT molecular complexity index is 533. The van der Waals surface area contributed by atoms with Crippen molar-refractivity contribution < 1.29 is 4.79 Å². The van der Waals surface area contributed by atoms with Gasteiger partial charge >= 0.3 is 0 Å². The Labute approximate surface area is 107 Å². The molecule has 0 aliphatic heterocycles. The number of thiol groups is 1. The van der Waals surface area contributed by atoms with Crippen LogP contribution in [0.3, 0.4) is 0 Å². The van der Waals surface area contributed by atoms with E-state index >= 15 is 0 Å². The first kappa shape index (κ1) is 12.2. The van der Waals surface area contributed by atoms with Crippen LogP contribution in [0.25, 0.3) is 10.8 Å². The van der Waals surface area contributed by atoms with Gasteiger partial charge in [0.15, 0.2) is 0 Å². The van der Waals surface area contributed by atoms with Crippen molar-refractivity contribution in [2.24, 2.45) is 0 Å². The maximum absolute atomic E-state index is 11.4. The summed E-state index contributed by atoms with van der Waals surface area (Å²) in [7, 11) is 0. The summed E-state index contributed by atoms with van der Waals surface area (Å²) < 4.78 is 0. The summed E-state index contributed by atoms with van der Waals surface area (Å²) >= 11 is 4.01. The normalized spacial score (nSPS) is 12.6. The lowest BCUT2D eigenvalue weighted by molar-refractivity contribution is -0.116. The van der Waals surface area contributed by atoms with E-state index in [1.807, 2.05) is 12.1 Å². The van der Waals surface area contributed by atoms with Crippen LogP contribution >= 0.6 is 12.6 Å². The molecule has 0 heterocycles. The highest BCUT2D eigenvalue weighted by atomic mass is 32.1. The first-order valence-corrected chi connectivity index (χ1v) is 6.45. The molecule has 0 N–H and O–H groups in total. The van der Waals surface area contributed by atoms with E-state index in [9.17, 15) is 4.79 Å². The number of carbonyl (C=O) groups is 1. The molecule has 2 rings (SSSR count). The van der Waals surface area contributed by atoms with Gasteiger partial charge in [-0.15, -0.1) is 0 Å². The van der Waals surface area contributed by atoms with Crippen LogP contribution in [0, 0.1) is 0 Å². The molecule has 1 nitrogen and oxygen atoms in total. The Hall–Kier alpha value is -1.28. The van der Waals surface area contributed by atoms with Crippen LogP contribution in [0.1, 0.15) is 24.8 Å². The molecule has 0 saturated heterocycles. The van der Waals surface area contributed by atoms with Crippen LogP contribution in [0.5, 0.6) is 0 Å². The molecule has 0 saturated carbocycles. The minimum atomic E-state index is 0.203. The largest absolute Gasteiger partial charge is 0.299 e. The van der Waals surface area contributed by atoms with E-state index in [4.69, 9.17) is 0 Å². The SMILES string of the molecule is C[C@@H](CC(=O)CS)c1ccc2ccccc2c1. The fraction of sp³-hybridized carbons (Fsp3) is 0.267. The van der Waals surface area contributed by atoms with Gasteiger partial charge in [0.05, 0.1) is 0 Å². The summed E-state index contributed by atoms with van der Waals surface area (Å²) in [6.45, 7) is 2.09. The van der Waals surface area contributed by atoms with Gasteiger partial charge in [0.1, 0.15) is 5.78 Å². The molecule has 0 bridgehead atoms. The third kappa shape index (κ3) is 2.89. The lowest BCUT2D eigenvalue weighted by atomic mass is 9.94. The molecule has 2 aromatic rings. The maximum atomic E-state index is 11.4. The first-order valence-electron chi connectivity index (χ1n) is 5.82. The molecule has 17 heavy (non-hydrogen) atoms. The molecular formula is C15H16OS. The van der Waals surface area contributed by atoms with Gasteiger partial charge in [-0.05, 0) is 22.3 Å². The van der Waals surface area contributed by atoms with Crippen molar-refractivity contribution in [3.05, 3.63) is 48.0 Å². The number of rotatable bonds is 4. The standard InChI is InChI=1S/C15H16OS/c1-11(8-15(16)10-17)13-7-6-12-4-2-3-5-14(12)9-13/h2-7,9,11,17H,8,10H2,1H3/t11-/m0/s1. The van der Waals surface area contributed by atoms with Gasteiger partial charge in [0, 0.05) is 12.2 Å². The summed E-state index contributed by atoms with van der Waals surface area (Å²) in [4.78, 5) is 11.4. The first-order chi connectivity index (χ1) is 8.20. The van der Waals surface area contributed by atoms with Gasteiger partial charge in [-0.25, -0.2) is 0 Å². The molecule has 0 fully saturated rings. The smallest absolute Gasteiger partial charge is 0.143 e. The van der Waals surface area contributed by atoms with Gasteiger partial charge in [0.2, 0.25) is 0 Å². The quantitative estimate of drug-likeness (QED) is 0.809. The molecule has 2 heteroatoms. The molecule has 0 radical (unpaired) electrons. The van der Waals surface area contributed by atoms with Gasteiger partial charge in [0.25, 0.3) is 0 Å². The van der Waals surface area contributed by atoms with E-state index in [2.05, 4.69) is 49.9 Å². The zero-order valence-electron chi connectivity index (χ0n) is 9.89. The Balaban J connectivity index is 2.26.